The van der Waals surface area contributed by atoms with Crippen molar-refractivity contribution < 1.29 is 17.9 Å². The van der Waals surface area contributed by atoms with Gasteiger partial charge in [0.15, 0.2) is 0 Å². The van der Waals surface area contributed by atoms with Gasteiger partial charge in [-0.2, -0.15) is 0 Å². The summed E-state index contributed by atoms with van der Waals surface area (Å²) in [5.41, 5.74) is 13.7. The molecule has 0 saturated heterocycles. The zero-order chi connectivity index (χ0) is 28.2. The van der Waals surface area contributed by atoms with E-state index in [0.29, 0.717) is 5.92 Å². The van der Waals surface area contributed by atoms with E-state index in [4.69, 9.17) is 17.0 Å². The van der Waals surface area contributed by atoms with Crippen LogP contribution in [0, 0.1) is 19.8 Å². The van der Waals surface area contributed by atoms with Gasteiger partial charge in [0.2, 0.25) is 0 Å². The SMILES string of the molecule is CCCc1ccc2c(c1-c1cc(C)cc(C)c1)C=C(C(C)CC)[CH]2[Zr]([Cl])([Cl])[c]1cccc2c1[SiH2]c1ccccc1-2. The molecule has 2 atom stereocenters. The number of benzene rings is 4. The molecule has 2 unspecified atom stereocenters. The second kappa shape index (κ2) is 11.2. The third-order valence-corrected chi connectivity index (χ3v) is 23.4. The van der Waals surface area contributed by atoms with Crippen molar-refractivity contribution in [2.75, 3.05) is 0 Å². The topological polar surface area (TPSA) is 0 Å². The molecule has 0 saturated carbocycles. The molecule has 0 nitrogen and oxygen atoms in total. The van der Waals surface area contributed by atoms with Gasteiger partial charge in [-0.05, 0) is 0 Å². The van der Waals surface area contributed by atoms with E-state index in [1.54, 1.807) is 0 Å². The van der Waals surface area contributed by atoms with Crippen LogP contribution < -0.4 is 13.6 Å². The van der Waals surface area contributed by atoms with Crippen molar-refractivity contribution in [1.82, 2.24) is 0 Å². The monoisotopic (exact) mass is 658 g/mol. The summed E-state index contributed by atoms with van der Waals surface area (Å²) in [6, 6.07) is 27.5. The molecule has 1 heterocycles. The van der Waals surface area contributed by atoms with E-state index in [0.717, 1.165) is 19.3 Å². The van der Waals surface area contributed by atoms with Gasteiger partial charge in [-0.15, -0.1) is 0 Å². The predicted octanol–water partition coefficient (Wildman–Crippen LogP) is 8.29. The number of aryl methyl sites for hydroxylation is 3. The summed E-state index contributed by atoms with van der Waals surface area (Å²) < 4.78 is 1.43. The van der Waals surface area contributed by atoms with E-state index >= 15 is 0 Å². The van der Waals surface area contributed by atoms with Crippen LogP contribution in [0.5, 0.6) is 0 Å². The molecular formula is C36H38Cl2SiZr. The zero-order valence-corrected chi connectivity index (χ0v) is 29.6. The van der Waals surface area contributed by atoms with Crippen molar-refractivity contribution in [3.8, 4) is 22.3 Å². The van der Waals surface area contributed by atoms with Crippen molar-refractivity contribution in [2.24, 2.45) is 5.92 Å². The van der Waals surface area contributed by atoms with Gasteiger partial charge >= 0.3 is 256 Å². The fraction of sp³-hybridized carbons (Fsp3) is 0.278. The maximum absolute atomic E-state index is 7.92. The second-order valence-electron chi connectivity index (χ2n) is 11.9. The molecule has 4 aromatic rings. The Morgan fingerprint density at radius 3 is 2.33 bits per heavy atom. The summed E-state index contributed by atoms with van der Waals surface area (Å²) in [6.45, 7) is 11.4. The Bertz CT molecular complexity index is 1630. The number of fused-ring (bicyclic) bond motifs is 4. The van der Waals surface area contributed by atoms with Crippen LogP contribution in [0.1, 0.15) is 65.1 Å². The number of rotatable bonds is 7. The molecule has 4 heteroatoms. The van der Waals surface area contributed by atoms with Gasteiger partial charge in [0.25, 0.3) is 0 Å². The number of halogens is 2. The van der Waals surface area contributed by atoms with E-state index in [2.05, 4.69) is 113 Å². The molecule has 1 aliphatic heterocycles. The molecule has 0 N–H and O–H groups in total. The van der Waals surface area contributed by atoms with Gasteiger partial charge < -0.3 is 0 Å². The van der Waals surface area contributed by atoms with Crippen LogP contribution in [0.25, 0.3) is 28.3 Å². The fourth-order valence-corrected chi connectivity index (χ4v) is 24.1. The molecule has 204 valence electrons. The standard InChI is InChI=1S/C24H29.C12H9Si.2ClH.Zr/c1-6-8-19-9-10-20-14-21(18(5)7-2)15-23(20)24(19)22-12-16(3)11-17(4)13-22;1-3-7-11-9(5-1)10-6-2-4-8-12(10)13-11;;;/h9-15,18H,6-8H2,1-5H3;1-7H,13H2;2*1H;/q;;;;+2/p-2. The molecule has 0 amide bonds. The van der Waals surface area contributed by atoms with Crippen LogP contribution in [0.15, 0.2) is 78.4 Å². The average Bonchev–Trinajstić information content (AvgIpc) is 3.51. The van der Waals surface area contributed by atoms with E-state index in [1.807, 2.05) is 0 Å². The Balaban J connectivity index is 1.57. The van der Waals surface area contributed by atoms with Crippen molar-refractivity contribution >= 4 is 46.3 Å². The Morgan fingerprint density at radius 2 is 1.60 bits per heavy atom. The molecule has 1 aliphatic carbocycles. The molecule has 6 rings (SSSR count). The average molecular weight is 661 g/mol. The number of hydrogen-bond donors (Lipinski definition) is 0. The van der Waals surface area contributed by atoms with Crippen molar-refractivity contribution in [3.05, 3.63) is 106 Å². The molecule has 2 aliphatic rings. The van der Waals surface area contributed by atoms with Gasteiger partial charge in [-0.25, -0.2) is 0 Å². The quantitative estimate of drug-likeness (QED) is 0.154. The fourth-order valence-electron chi connectivity index (χ4n) is 7.15. The van der Waals surface area contributed by atoms with E-state index in [1.165, 1.54) is 69.3 Å². The van der Waals surface area contributed by atoms with Crippen LogP contribution in [0.2, 0.25) is 0 Å². The van der Waals surface area contributed by atoms with E-state index < -0.39 is 27.4 Å². The van der Waals surface area contributed by atoms with Crippen LogP contribution in [0.3, 0.4) is 0 Å². The molecular weight excluding hydrogens is 623 g/mol. The van der Waals surface area contributed by atoms with Crippen molar-refractivity contribution in [1.29, 1.82) is 0 Å². The summed E-state index contributed by atoms with van der Waals surface area (Å²) in [5, 5.41) is 3.02. The summed E-state index contributed by atoms with van der Waals surface area (Å²) in [4.78, 5) is 0. The first-order chi connectivity index (χ1) is 19.2. The van der Waals surface area contributed by atoms with Crippen molar-refractivity contribution in [2.45, 2.75) is 57.5 Å². The minimum atomic E-state index is -4.00. The third kappa shape index (κ3) is 4.78. The zero-order valence-electron chi connectivity index (χ0n) is 24.2. The predicted molar refractivity (Wildman–Crippen MR) is 177 cm³/mol. The van der Waals surface area contributed by atoms with E-state index in [9.17, 15) is 0 Å². The number of hydrogen-bond acceptors (Lipinski definition) is 0. The summed E-state index contributed by atoms with van der Waals surface area (Å²) in [7, 11) is 15.2. The van der Waals surface area contributed by atoms with Crippen molar-refractivity contribution in [3.63, 3.8) is 0 Å². The molecule has 0 fully saturated rings. The molecule has 0 radical (unpaired) electrons. The first-order valence-electron chi connectivity index (χ1n) is 14.8. The van der Waals surface area contributed by atoms with Crippen LogP contribution in [0.4, 0.5) is 0 Å². The summed E-state index contributed by atoms with van der Waals surface area (Å²) in [5.74, 6) is 0.430. The van der Waals surface area contributed by atoms with Crippen LogP contribution >= 0.6 is 17.0 Å². The molecule has 0 bridgehead atoms. The van der Waals surface area contributed by atoms with Gasteiger partial charge in [0, 0.05) is 0 Å². The summed E-state index contributed by atoms with van der Waals surface area (Å²) in [6.07, 6.45) is 5.78. The molecule has 40 heavy (non-hydrogen) atoms. The maximum atomic E-state index is 7.92. The molecule has 4 aromatic carbocycles. The Labute approximate surface area is 254 Å². The molecule has 0 spiro atoms. The minimum absolute atomic E-state index is 0.118. The Kier molecular flexibility index (Phi) is 7.94. The van der Waals surface area contributed by atoms with Gasteiger partial charge in [-0.3, -0.25) is 0 Å². The first-order valence-corrected chi connectivity index (χ1v) is 25.2. The van der Waals surface area contributed by atoms with Gasteiger partial charge in [-0.1, -0.05) is 0 Å². The Hall–Kier alpha value is -1.70. The third-order valence-electron chi connectivity index (χ3n) is 9.10. The molecule has 0 aromatic heterocycles. The van der Waals surface area contributed by atoms with Gasteiger partial charge in [0.05, 0.1) is 0 Å². The first kappa shape index (κ1) is 28.4. The second-order valence-corrected chi connectivity index (χ2v) is 27.7. The number of allylic oxidation sites excluding steroid dienone is 1. The van der Waals surface area contributed by atoms with Crippen LogP contribution in [-0.4, -0.2) is 9.52 Å². The normalized spacial score (nSPS) is 17.0. The van der Waals surface area contributed by atoms with Gasteiger partial charge in [0.1, 0.15) is 0 Å². The Morgan fingerprint density at radius 1 is 0.875 bits per heavy atom. The van der Waals surface area contributed by atoms with E-state index in [-0.39, 0.29) is 3.63 Å². The summed E-state index contributed by atoms with van der Waals surface area (Å²) >= 11 is -4.00. The van der Waals surface area contributed by atoms with Crippen LogP contribution in [-0.2, 0) is 24.3 Å².